The number of rotatable bonds is 9. The molecule has 0 amide bonds. The Balaban J connectivity index is 1.95. The topological polar surface area (TPSA) is 49.4 Å². The van der Waals surface area contributed by atoms with Gasteiger partial charge in [-0.25, -0.2) is 0 Å². The third-order valence-corrected chi connectivity index (χ3v) is 3.57. The summed E-state index contributed by atoms with van der Waals surface area (Å²) in [7, 11) is 1.69. The van der Waals surface area contributed by atoms with E-state index in [-0.39, 0.29) is 6.04 Å². The van der Waals surface area contributed by atoms with Crippen LogP contribution >= 0.6 is 0 Å². The summed E-state index contributed by atoms with van der Waals surface area (Å²) in [6.45, 7) is 5.11. The fourth-order valence-electron chi connectivity index (χ4n) is 2.59. The van der Waals surface area contributed by atoms with Crippen LogP contribution in [0.25, 0.3) is 10.9 Å². The van der Waals surface area contributed by atoms with Gasteiger partial charge in [-0.3, -0.25) is 0 Å². The van der Waals surface area contributed by atoms with E-state index in [1.807, 2.05) is 6.92 Å². The van der Waals surface area contributed by atoms with Gasteiger partial charge >= 0.3 is 0 Å². The maximum absolute atomic E-state index is 5.93. The lowest BCUT2D eigenvalue weighted by molar-refractivity contribution is 0.0681. The second kappa shape index (κ2) is 8.17. The first kappa shape index (κ1) is 16.0. The van der Waals surface area contributed by atoms with E-state index in [0.717, 1.165) is 26.0 Å². The Hall–Kier alpha value is -1.36. The Kier molecular flexibility index (Phi) is 6.23. The minimum atomic E-state index is 0.188. The lowest BCUT2D eigenvalue weighted by atomic mass is 10.0. The molecule has 4 nitrogen and oxygen atoms in total. The molecule has 1 aromatic carbocycles. The molecular formula is C17H26N2O2. The molecule has 0 saturated carbocycles. The first-order valence-corrected chi connectivity index (χ1v) is 7.61. The lowest BCUT2D eigenvalue weighted by Crippen LogP contribution is -2.17. The number of nitrogens with zero attached hydrogens (tertiary/aromatic N) is 1. The molecule has 0 saturated heterocycles. The lowest BCUT2D eigenvalue weighted by Gasteiger charge is -2.09. The molecule has 0 spiro atoms. The van der Waals surface area contributed by atoms with Crippen LogP contribution in [0.1, 0.15) is 18.9 Å². The van der Waals surface area contributed by atoms with E-state index < -0.39 is 0 Å². The molecule has 0 aliphatic carbocycles. The smallest absolute Gasteiger partial charge is 0.0700 e. The van der Waals surface area contributed by atoms with Gasteiger partial charge in [0.1, 0.15) is 0 Å². The molecule has 0 aliphatic heterocycles. The van der Waals surface area contributed by atoms with Crippen molar-refractivity contribution in [2.75, 3.05) is 26.9 Å². The molecule has 0 fully saturated rings. The maximum atomic E-state index is 5.93. The summed E-state index contributed by atoms with van der Waals surface area (Å²) in [6, 6.07) is 8.84. The molecule has 21 heavy (non-hydrogen) atoms. The third-order valence-electron chi connectivity index (χ3n) is 3.57. The zero-order valence-corrected chi connectivity index (χ0v) is 13.0. The van der Waals surface area contributed by atoms with Gasteiger partial charge in [-0.05, 0) is 37.5 Å². The molecule has 1 atom stereocenters. The Morgan fingerprint density at radius 2 is 2.05 bits per heavy atom. The van der Waals surface area contributed by atoms with Gasteiger partial charge in [0.05, 0.1) is 13.2 Å². The average molecular weight is 290 g/mol. The molecule has 1 heterocycles. The Bertz CT molecular complexity index is 549. The maximum Gasteiger partial charge on any atom is 0.0700 e. The third kappa shape index (κ3) is 4.56. The largest absolute Gasteiger partial charge is 0.382 e. The van der Waals surface area contributed by atoms with Crippen molar-refractivity contribution in [3.63, 3.8) is 0 Å². The van der Waals surface area contributed by atoms with Crippen molar-refractivity contribution in [1.82, 2.24) is 4.57 Å². The highest BCUT2D eigenvalue weighted by atomic mass is 16.5. The van der Waals surface area contributed by atoms with E-state index in [2.05, 4.69) is 35.0 Å². The average Bonchev–Trinajstić information content (AvgIpc) is 2.87. The summed E-state index contributed by atoms with van der Waals surface area (Å²) in [4.78, 5) is 0. The minimum Gasteiger partial charge on any atom is -0.382 e. The molecule has 0 aliphatic rings. The van der Waals surface area contributed by atoms with Crippen LogP contribution in [0.15, 0.2) is 30.5 Å². The van der Waals surface area contributed by atoms with Gasteiger partial charge in [-0.1, -0.05) is 12.1 Å². The monoisotopic (exact) mass is 290 g/mol. The van der Waals surface area contributed by atoms with Crippen molar-refractivity contribution >= 4 is 10.9 Å². The van der Waals surface area contributed by atoms with Crippen molar-refractivity contribution < 1.29 is 9.47 Å². The number of fused-ring (bicyclic) bond motifs is 1. The highest BCUT2D eigenvalue weighted by Gasteiger charge is 2.07. The number of hydrogen-bond acceptors (Lipinski definition) is 3. The van der Waals surface area contributed by atoms with E-state index in [9.17, 15) is 0 Å². The van der Waals surface area contributed by atoms with Gasteiger partial charge in [0.25, 0.3) is 0 Å². The minimum absolute atomic E-state index is 0.188. The van der Waals surface area contributed by atoms with Gasteiger partial charge < -0.3 is 19.8 Å². The number of benzene rings is 1. The van der Waals surface area contributed by atoms with Crippen LogP contribution in [-0.2, 0) is 22.4 Å². The normalized spacial score (nSPS) is 12.9. The second-order valence-corrected chi connectivity index (χ2v) is 5.50. The Labute approximate surface area is 126 Å². The number of aromatic nitrogens is 1. The Morgan fingerprint density at radius 3 is 2.81 bits per heavy atom. The van der Waals surface area contributed by atoms with Crippen LogP contribution in [0.2, 0.25) is 0 Å². The van der Waals surface area contributed by atoms with E-state index in [1.54, 1.807) is 7.11 Å². The van der Waals surface area contributed by atoms with E-state index in [4.69, 9.17) is 15.2 Å². The molecule has 2 rings (SSSR count). The van der Waals surface area contributed by atoms with Crippen LogP contribution in [0.3, 0.4) is 0 Å². The number of ether oxygens (including phenoxy) is 2. The number of nitrogens with two attached hydrogens (primary N) is 1. The van der Waals surface area contributed by atoms with Crippen molar-refractivity contribution in [3.05, 3.63) is 36.0 Å². The zero-order chi connectivity index (χ0) is 15.1. The van der Waals surface area contributed by atoms with Gasteiger partial charge in [-0.15, -0.1) is 0 Å². The van der Waals surface area contributed by atoms with Gasteiger partial charge in [0, 0.05) is 43.4 Å². The van der Waals surface area contributed by atoms with Crippen molar-refractivity contribution in [2.45, 2.75) is 32.4 Å². The van der Waals surface area contributed by atoms with E-state index in [1.165, 1.54) is 16.5 Å². The summed E-state index contributed by atoms with van der Waals surface area (Å²) < 4.78 is 12.8. The predicted molar refractivity (Wildman–Crippen MR) is 86.6 cm³/mol. The van der Waals surface area contributed by atoms with Crippen molar-refractivity contribution in [3.8, 4) is 0 Å². The molecule has 1 aromatic heterocycles. The van der Waals surface area contributed by atoms with Gasteiger partial charge in [0.2, 0.25) is 0 Å². The zero-order valence-electron chi connectivity index (χ0n) is 13.0. The van der Waals surface area contributed by atoms with Crippen LogP contribution in [-0.4, -0.2) is 37.5 Å². The molecule has 116 valence electrons. The van der Waals surface area contributed by atoms with Crippen LogP contribution in [0.5, 0.6) is 0 Å². The quantitative estimate of drug-likeness (QED) is 0.722. The first-order chi connectivity index (χ1) is 10.2. The molecule has 0 bridgehead atoms. The highest BCUT2D eigenvalue weighted by Crippen LogP contribution is 2.21. The molecule has 2 N–H and O–H groups in total. The predicted octanol–water partition coefficient (Wildman–Crippen LogP) is 2.58. The van der Waals surface area contributed by atoms with Crippen molar-refractivity contribution in [2.24, 2.45) is 5.73 Å². The standard InChI is InChI=1S/C17H26N2O2/c1-14(18)13-15-5-3-6-17-16(15)7-9-19(17)8-4-10-21-12-11-20-2/h3,5-7,9,14H,4,8,10-13,18H2,1-2H3. The van der Waals surface area contributed by atoms with Crippen LogP contribution in [0, 0.1) is 0 Å². The van der Waals surface area contributed by atoms with Crippen LogP contribution < -0.4 is 5.73 Å². The number of hydrogen-bond donors (Lipinski definition) is 1. The summed E-state index contributed by atoms with van der Waals surface area (Å²) >= 11 is 0. The summed E-state index contributed by atoms with van der Waals surface area (Å²) in [5.41, 5.74) is 8.54. The van der Waals surface area contributed by atoms with Crippen molar-refractivity contribution in [1.29, 1.82) is 0 Å². The molecular weight excluding hydrogens is 264 g/mol. The summed E-state index contributed by atoms with van der Waals surface area (Å²) in [5.74, 6) is 0. The van der Waals surface area contributed by atoms with Gasteiger partial charge in [-0.2, -0.15) is 0 Å². The number of methoxy groups -OCH3 is 1. The molecule has 1 unspecified atom stereocenters. The molecule has 4 heteroatoms. The fraction of sp³-hybridized carbons (Fsp3) is 0.529. The summed E-state index contributed by atoms with van der Waals surface area (Å²) in [5, 5.41) is 1.31. The second-order valence-electron chi connectivity index (χ2n) is 5.50. The van der Waals surface area contributed by atoms with Gasteiger partial charge in [0.15, 0.2) is 0 Å². The molecule has 2 aromatic rings. The summed E-state index contributed by atoms with van der Waals surface area (Å²) in [6.07, 6.45) is 4.08. The molecule has 0 radical (unpaired) electrons. The number of aryl methyl sites for hydroxylation is 1. The van der Waals surface area contributed by atoms with E-state index >= 15 is 0 Å². The Morgan fingerprint density at radius 1 is 1.19 bits per heavy atom. The first-order valence-electron chi connectivity index (χ1n) is 7.61. The van der Waals surface area contributed by atoms with E-state index in [0.29, 0.717) is 13.2 Å². The highest BCUT2D eigenvalue weighted by molar-refractivity contribution is 5.83. The SMILES string of the molecule is COCCOCCCn1ccc2c(CC(C)N)cccc21. The fourth-order valence-corrected chi connectivity index (χ4v) is 2.59. The van der Waals surface area contributed by atoms with Crippen LogP contribution in [0.4, 0.5) is 0 Å².